The monoisotopic (exact) mass is 397 g/mol. The van der Waals surface area contributed by atoms with Crippen molar-refractivity contribution in [2.45, 2.75) is 51.6 Å². The molecular weight excluding hydrogens is 370 g/mol. The van der Waals surface area contributed by atoms with Gasteiger partial charge in [-0.05, 0) is 42.5 Å². The topological polar surface area (TPSA) is 45.2 Å². The van der Waals surface area contributed by atoms with Gasteiger partial charge in [0, 0.05) is 34.6 Å². The van der Waals surface area contributed by atoms with Crippen molar-refractivity contribution >= 4 is 22.9 Å². The van der Waals surface area contributed by atoms with E-state index in [4.69, 9.17) is 4.98 Å². The molecule has 1 aliphatic carbocycles. The average molecular weight is 398 g/mol. The van der Waals surface area contributed by atoms with E-state index >= 15 is 0 Å². The lowest BCUT2D eigenvalue weighted by molar-refractivity contribution is 0.302. The van der Waals surface area contributed by atoms with Crippen molar-refractivity contribution in [1.82, 2.24) is 15.0 Å². The molecule has 0 N–H and O–H groups in total. The van der Waals surface area contributed by atoms with E-state index in [-0.39, 0.29) is 17.0 Å². The van der Waals surface area contributed by atoms with E-state index in [1.807, 2.05) is 18.6 Å². The van der Waals surface area contributed by atoms with Gasteiger partial charge in [-0.15, -0.1) is 0 Å². The number of para-hydroxylation sites is 1. The molecule has 30 heavy (non-hydrogen) atoms. The molecule has 4 heterocycles. The number of aromatic nitrogens is 3. The molecule has 1 fully saturated rings. The number of benzene rings is 1. The van der Waals surface area contributed by atoms with E-state index in [0.717, 1.165) is 30.0 Å². The smallest absolute Gasteiger partial charge is 0.162 e. The van der Waals surface area contributed by atoms with Crippen LogP contribution in [-0.4, -0.2) is 21.1 Å². The standard InChI is InChI=1S/C25H27N5/c1-4-21-24(5-2)18-9-7-8-10-19(18)30-20-15-27-16-28-22(20)29(17-11-13-26-14-12-17)23(30)25(21,24)6-3/h7-16,21,23H,4-6H2,1-3H3. The molecule has 2 aliphatic heterocycles. The third kappa shape index (κ3) is 1.79. The quantitative estimate of drug-likeness (QED) is 0.575. The first-order chi connectivity index (χ1) is 14.8. The molecule has 5 heteroatoms. The summed E-state index contributed by atoms with van der Waals surface area (Å²) < 4.78 is 0. The predicted octanol–water partition coefficient (Wildman–Crippen LogP) is 5.59. The molecule has 6 rings (SSSR count). The van der Waals surface area contributed by atoms with E-state index in [0.29, 0.717) is 5.92 Å². The number of hydrogen-bond donors (Lipinski definition) is 0. The van der Waals surface area contributed by atoms with Gasteiger partial charge >= 0.3 is 0 Å². The molecule has 1 saturated carbocycles. The number of nitrogens with zero attached hydrogens (tertiary/aromatic N) is 5. The predicted molar refractivity (Wildman–Crippen MR) is 119 cm³/mol. The largest absolute Gasteiger partial charge is 0.315 e. The Hall–Kier alpha value is -2.95. The number of fused-ring (bicyclic) bond motifs is 8. The van der Waals surface area contributed by atoms with Gasteiger partial charge in [-0.1, -0.05) is 45.4 Å². The van der Waals surface area contributed by atoms with Crippen molar-refractivity contribution < 1.29 is 0 Å². The Labute approximate surface area is 177 Å². The highest BCUT2D eigenvalue weighted by Gasteiger charge is 2.81. The van der Waals surface area contributed by atoms with Gasteiger partial charge in [0.2, 0.25) is 0 Å². The Morgan fingerprint density at radius 3 is 2.43 bits per heavy atom. The Morgan fingerprint density at radius 2 is 1.70 bits per heavy atom. The van der Waals surface area contributed by atoms with Crippen molar-refractivity contribution in [2.24, 2.45) is 11.3 Å². The van der Waals surface area contributed by atoms with Crippen molar-refractivity contribution in [3.63, 3.8) is 0 Å². The summed E-state index contributed by atoms with van der Waals surface area (Å²) in [5.74, 6) is 1.64. The van der Waals surface area contributed by atoms with Crippen molar-refractivity contribution in [3.05, 3.63) is 66.9 Å². The van der Waals surface area contributed by atoms with E-state index in [1.165, 1.54) is 17.7 Å². The number of pyridine rings is 1. The Bertz CT molecular complexity index is 1120. The fraction of sp³-hybridized carbons (Fsp3) is 0.400. The minimum atomic E-state index is 0.162. The van der Waals surface area contributed by atoms with Crippen molar-refractivity contribution in [1.29, 1.82) is 0 Å². The molecule has 0 saturated heterocycles. The first-order valence-electron chi connectivity index (χ1n) is 11.1. The molecule has 0 amide bonds. The van der Waals surface area contributed by atoms with Gasteiger partial charge < -0.3 is 9.80 Å². The molecule has 0 radical (unpaired) electrons. The van der Waals surface area contributed by atoms with Gasteiger partial charge in [-0.3, -0.25) is 4.98 Å². The first-order valence-corrected chi connectivity index (χ1v) is 11.1. The van der Waals surface area contributed by atoms with Crippen LogP contribution in [0.15, 0.2) is 61.3 Å². The zero-order valence-corrected chi connectivity index (χ0v) is 17.8. The maximum Gasteiger partial charge on any atom is 0.162 e. The highest BCUT2D eigenvalue weighted by atomic mass is 15.5. The van der Waals surface area contributed by atoms with Gasteiger partial charge in [-0.25, -0.2) is 9.97 Å². The lowest BCUT2D eigenvalue weighted by atomic mass is 9.76. The highest BCUT2D eigenvalue weighted by molar-refractivity contribution is 5.89. The maximum atomic E-state index is 4.78. The molecule has 0 spiro atoms. The summed E-state index contributed by atoms with van der Waals surface area (Å²) in [5, 5.41) is 0. The summed E-state index contributed by atoms with van der Waals surface area (Å²) in [6.07, 6.45) is 11.1. The van der Waals surface area contributed by atoms with Gasteiger partial charge in [0.05, 0.1) is 6.20 Å². The Balaban J connectivity index is 1.69. The molecule has 1 aromatic carbocycles. The molecular formula is C25H27N5. The van der Waals surface area contributed by atoms with E-state index < -0.39 is 0 Å². The van der Waals surface area contributed by atoms with Crippen LogP contribution >= 0.6 is 0 Å². The summed E-state index contributed by atoms with van der Waals surface area (Å²) in [6.45, 7) is 7.13. The number of rotatable bonds is 4. The zero-order chi connectivity index (χ0) is 20.5. The van der Waals surface area contributed by atoms with Crippen LogP contribution in [0.3, 0.4) is 0 Å². The summed E-state index contributed by atoms with van der Waals surface area (Å²) in [4.78, 5) is 18.5. The third-order valence-corrected chi connectivity index (χ3v) is 8.21. The molecule has 4 unspecified atom stereocenters. The zero-order valence-electron chi connectivity index (χ0n) is 17.8. The van der Waals surface area contributed by atoms with Crippen LogP contribution in [0, 0.1) is 11.3 Å². The van der Waals surface area contributed by atoms with E-state index in [2.05, 4.69) is 76.9 Å². The Kier molecular flexibility index (Phi) is 3.59. The van der Waals surface area contributed by atoms with E-state index in [9.17, 15) is 0 Å². The lowest BCUT2D eigenvalue weighted by Crippen LogP contribution is -2.51. The molecule has 0 bridgehead atoms. The summed E-state index contributed by atoms with van der Waals surface area (Å²) >= 11 is 0. The fourth-order valence-corrected chi connectivity index (χ4v) is 7.37. The van der Waals surface area contributed by atoms with Gasteiger partial charge in [-0.2, -0.15) is 0 Å². The molecule has 3 aromatic rings. The van der Waals surface area contributed by atoms with Crippen LogP contribution < -0.4 is 9.80 Å². The molecule has 152 valence electrons. The summed E-state index contributed by atoms with van der Waals surface area (Å²) in [7, 11) is 0. The SMILES string of the molecule is CCC1C2(CC)c3ccccc3N3c4cncnc4N(c4ccncc4)C3C12CC. The summed E-state index contributed by atoms with van der Waals surface area (Å²) in [5.41, 5.74) is 5.44. The lowest BCUT2D eigenvalue weighted by Gasteiger charge is -2.46. The van der Waals surface area contributed by atoms with Gasteiger partial charge in [0.1, 0.15) is 18.2 Å². The van der Waals surface area contributed by atoms with Gasteiger partial charge in [0.15, 0.2) is 5.82 Å². The molecule has 4 atom stereocenters. The number of anilines is 4. The average Bonchev–Trinajstić information content (AvgIpc) is 3.29. The van der Waals surface area contributed by atoms with Crippen LogP contribution in [-0.2, 0) is 5.41 Å². The molecule has 3 aliphatic rings. The minimum absolute atomic E-state index is 0.162. The second-order valence-electron chi connectivity index (χ2n) is 8.75. The van der Waals surface area contributed by atoms with Crippen molar-refractivity contribution in [3.8, 4) is 0 Å². The van der Waals surface area contributed by atoms with Crippen LogP contribution in [0.4, 0.5) is 22.9 Å². The minimum Gasteiger partial charge on any atom is -0.315 e. The fourth-order valence-electron chi connectivity index (χ4n) is 7.37. The highest BCUT2D eigenvalue weighted by Crippen LogP contribution is 2.81. The van der Waals surface area contributed by atoms with E-state index in [1.54, 1.807) is 6.33 Å². The van der Waals surface area contributed by atoms with Crippen molar-refractivity contribution in [2.75, 3.05) is 9.80 Å². The van der Waals surface area contributed by atoms with Crippen LogP contribution in [0.5, 0.6) is 0 Å². The summed E-state index contributed by atoms with van der Waals surface area (Å²) in [6, 6.07) is 13.2. The third-order valence-electron chi connectivity index (χ3n) is 8.21. The second-order valence-corrected chi connectivity index (χ2v) is 8.75. The molecule has 5 nitrogen and oxygen atoms in total. The first kappa shape index (κ1) is 17.9. The Morgan fingerprint density at radius 1 is 0.900 bits per heavy atom. The number of hydrogen-bond acceptors (Lipinski definition) is 5. The maximum absolute atomic E-state index is 4.78. The molecule has 2 aromatic heterocycles. The van der Waals surface area contributed by atoms with Crippen LogP contribution in [0.25, 0.3) is 0 Å². The van der Waals surface area contributed by atoms with Crippen LogP contribution in [0.1, 0.15) is 45.6 Å². The van der Waals surface area contributed by atoms with Gasteiger partial charge in [0.25, 0.3) is 0 Å². The normalized spacial score (nSPS) is 30.4. The second kappa shape index (κ2) is 6.03. The van der Waals surface area contributed by atoms with Crippen LogP contribution in [0.2, 0.25) is 0 Å².